The number of rotatable bonds is 4. The Balaban J connectivity index is 2.16. The fourth-order valence-corrected chi connectivity index (χ4v) is 1.61. The fraction of sp³-hybridized carbons (Fsp3) is 0.308. The summed E-state index contributed by atoms with van der Waals surface area (Å²) in [5.74, 6) is 1.10. The number of ether oxygens (including phenoxy) is 1. The minimum Gasteiger partial charge on any atom is -0.481 e. The van der Waals surface area contributed by atoms with Crippen LogP contribution in [0.4, 0.5) is 5.95 Å². The molecule has 0 aliphatic heterocycles. The standard InChI is InChI=1S/C13H16N4O/c1-9-8-12(18-3)17-13(15-9)16-10(2)11-6-4-5-7-14-11/h4-8,10H,1-3H3,(H,15,16,17). The summed E-state index contributed by atoms with van der Waals surface area (Å²) in [5, 5.41) is 3.21. The molecule has 0 fully saturated rings. The van der Waals surface area contributed by atoms with Crippen LogP contribution in [0.25, 0.3) is 0 Å². The smallest absolute Gasteiger partial charge is 0.226 e. The highest BCUT2D eigenvalue weighted by atomic mass is 16.5. The van der Waals surface area contributed by atoms with Crippen molar-refractivity contribution >= 4 is 5.95 Å². The maximum Gasteiger partial charge on any atom is 0.226 e. The van der Waals surface area contributed by atoms with E-state index in [1.54, 1.807) is 19.4 Å². The Morgan fingerprint density at radius 1 is 1.28 bits per heavy atom. The molecule has 0 aliphatic carbocycles. The van der Waals surface area contributed by atoms with Gasteiger partial charge in [-0.05, 0) is 26.0 Å². The Hall–Kier alpha value is -2.17. The van der Waals surface area contributed by atoms with Crippen LogP contribution >= 0.6 is 0 Å². The van der Waals surface area contributed by atoms with Gasteiger partial charge in [-0.15, -0.1) is 0 Å². The molecule has 0 amide bonds. The van der Waals surface area contributed by atoms with Crippen LogP contribution in [0.3, 0.4) is 0 Å². The van der Waals surface area contributed by atoms with Gasteiger partial charge >= 0.3 is 0 Å². The first-order valence-electron chi connectivity index (χ1n) is 5.76. The van der Waals surface area contributed by atoms with Crippen LogP contribution in [-0.2, 0) is 0 Å². The number of anilines is 1. The first-order valence-corrected chi connectivity index (χ1v) is 5.76. The van der Waals surface area contributed by atoms with Crippen LogP contribution in [-0.4, -0.2) is 22.1 Å². The predicted molar refractivity (Wildman–Crippen MR) is 69.6 cm³/mol. The van der Waals surface area contributed by atoms with Crippen LogP contribution < -0.4 is 10.1 Å². The number of pyridine rings is 1. The summed E-state index contributed by atoms with van der Waals surface area (Å²) >= 11 is 0. The molecule has 0 aromatic carbocycles. The lowest BCUT2D eigenvalue weighted by atomic mass is 10.2. The van der Waals surface area contributed by atoms with Gasteiger partial charge in [-0.1, -0.05) is 6.07 Å². The van der Waals surface area contributed by atoms with Gasteiger partial charge in [0.05, 0.1) is 18.8 Å². The van der Waals surface area contributed by atoms with Gasteiger partial charge < -0.3 is 10.1 Å². The molecule has 0 saturated heterocycles. The lowest BCUT2D eigenvalue weighted by Crippen LogP contribution is -2.11. The van der Waals surface area contributed by atoms with Crippen LogP contribution in [0.5, 0.6) is 5.88 Å². The number of aryl methyl sites for hydroxylation is 1. The van der Waals surface area contributed by atoms with Crippen molar-refractivity contribution in [3.05, 3.63) is 41.9 Å². The van der Waals surface area contributed by atoms with Crippen LogP contribution in [0.2, 0.25) is 0 Å². The van der Waals surface area contributed by atoms with E-state index in [-0.39, 0.29) is 6.04 Å². The van der Waals surface area contributed by atoms with Gasteiger partial charge in [0.15, 0.2) is 0 Å². The second-order valence-corrected chi connectivity index (χ2v) is 4.00. The first-order chi connectivity index (χ1) is 8.69. The molecule has 5 nitrogen and oxygen atoms in total. The fourth-order valence-electron chi connectivity index (χ4n) is 1.61. The molecule has 2 aromatic heterocycles. The molecule has 2 aromatic rings. The van der Waals surface area contributed by atoms with E-state index >= 15 is 0 Å². The monoisotopic (exact) mass is 244 g/mol. The normalized spacial score (nSPS) is 11.9. The molecule has 0 bridgehead atoms. The summed E-state index contributed by atoms with van der Waals surface area (Å²) < 4.78 is 5.12. The van der Waals surface area contributed by atoms with Gasteiger partial charge in [0, 0.05) is 18.0 Å². The molecule has 0 spiro atoms. The van der Waals surface area contributed by atoms with Crippen molar-refractivity contribution in [1.82, 2.24) is 15.0 Å². The van der Waals surface area contributed by atoms with Crippen molar-refractivity contribution in [2.24, 2.45) is 0 Å². The predicted octanol–water partition coefficient (Wildman–Crippen LogP) is 2.36. The minimum atomic E-state index is 0.0395. The van der Waals surface area contributed by atoms with E-state index in [1.165, 1.54) is 0 Å². The Morgan fingerprint density at radius 3 is 2.78 bits per heavy atom. The lowest BCUT2D eigenvalue weighted by molar-refractivity contribution is 0.397. The molecule has 0 radical (unpaired) electrons. The summed E-state index contributed by atoms with van der Waals surface area (Å²) in [6.07, 6.45) is 1.77. The molecule has 1 N–H and O–H groups in total. The maximum atomic E-state index is 5.12. The Labute approximate surface area is 106 Å². The average molecular weight is 244 g/mol. The van der Waals surface area contributed by atoms with Crippen LogP contribution in [0.15, 0.2) is 30.5 Å². The van der Waals surface area contributed by atoms with E-state index in [2.05, 4.69) is 20.3 Å². The Bertz CT molecular complexity index is 516. The lowest BCUT2D eigenvalue weighted by Gasteiger charge is -2.13. The van der Waals surface area contributed by atoms with E-state index in [9.17, 15) is 0 Å². The van der Waals surface area contributed by atoms with Gasteiger partial charge in [0.1, 0.15) is 0 Å². The van der Waals surface area contributed by atoms with Crippen molar-refractivity contribution in [1.29, 1.82) is 0 Å². The van der Waals surface area contributed by atoms with Crippen molar-refractivity contribution in [3.8, 4) is 5.88 Å². The third kappa shape index (κ3) is 2.94. The zero-order valence-corrected chi connectivity index (χ0v) is 10.7. The molecule has 1 unspecified atom stereocenters. The van der Waals surface area contributed by atoms with Crippen LogP contribution in [0, 0.1) is 6.92 Å². The van der Waals surface area contributed by atoms with E-state index < -0.39 is 0 Å². The molecule has 2 heterocycles. The summed E-state index contributed by atoms with van der Waals surface area (Å²) in [6.45, 7) is 3.92. The minimum absolute atomic E-state index is 0.0395. The van der Waals surface area contributed by atoms with Gasteiger partial charge in [0.2, 0.25) is 11.8 Å². The SMILES string of the molecule is COc1cc(C)nc(NC(C)c2ccccn2)n1. The average Bonchev–Trinajstić information content (AvgIpc) is 2.39. The third-order valence-corrected chi connectivity index (χ3v) is 2.52. The van der Waals surface area contributed by atoms with Gasteiger partial charge in [-0.25, -0.2) is 4.98 Å². The third-order valence-electron chi connectivity index (χ3n) is 2.52. The van der Waals surface area contributed by atoms with E-state index in [0.717, 1.165) is 11.4 Å². The topological polar surface area (TPSA) is 59.9 Å². The number of hydrogen-bond acceptors (Lipinski definition) is 5. The molecular formula is C13H16N4O. The number of nitrogens with one attached hydrogen (secondary N) is 1. The number of hydrogen-bond donors (Lipinski definition) is 1. The largest absolute Gasteiger partial charge is 0.481 e. The molecule has 18 heavy (non-hydrogen) atoms. The Morgan fingerprint density at radius 2 is 2.11 bits per heavy atom. The molecule has 1 atom stereocenters. The van der Waals surface area contributed by atoms with E-state index in [1.807, 2.05) is 32.0 Å². The summed E-state index contributed by atoms with van der Waals surface area (Å²) in [6, 6.07) is 7.64. The van der Waals surface area contributed by atoms with Gasteiger partial charge in [-0.3, -0.25) is 4.98 Å². The molecule has 0 saturated carbocycles. The van der Waals surface area contributed by atoms with Crippen molar-refractivity contribution in [2.75, 3.05) is 12.4 Å². The molecule has 94 valence electrons. The number of methoxy groups -OCH3 is 1. The quantitative estimate of drug-likeness (QED) is 0.894. The highest BCUT2D eigenvalue weighted by Gasteiger charge is 2.09. The highest BCUT2D eigenvalue weighted by molar-refractivity contribution is 5.33. The first kappa shape index (κ1) is 12.3. The number of aromatic nitrogens is 3. The number of nitrogens with zero attached hydrogens (tertiary/aromatic N) is 3. The summed E-state index contributed by atoms with van der Waals surface area (Å²) in [7, 11) is 1.59. The summed E-state index contributed by atoms with van der Waals surface area (Å²) in [4.78, 5) is 12.9. The van der Waals surface area contributed by atoms with Crippen LogP contribution in [0.1, 0.15) is 24.4 Å². The van der Waals surface area contributed by atoms with Crippen molar-refractivity contribution < 1.29 is 4.74 Å². The zero-order chi connectivity index (χ0) is 13.0. The molecule has 0 aliphatic rings. The van der Waals surface area contributed by atoms with Crippen molar-refractivity contribution in [2.45, 2.75) is 19.9 Å². The van der Waals surface area contributed by atoms with Gasteiger partial charge in [-0.2, -0.15) is 4.98 Å². The molecule has 2 rings (SSSR count). The summed E-state index contributed by atoms with van der Waals surface area (Å²) in [5.41, 5.74) is 1.80. The second-order valence-electron chi connectivity index (χ2n) is 4.00. The maximum absolute atomic E-state index is 5.12. The zero-order valence-electron chi connectivity index (χ0n) is 10.7. The van der Waals surface area contributed by atoms with E-state index in [0.29, 0.717) is 11.8 Å². The van der Waals surface area contributed by atoms with E-state index in [4.69, 9.17) is 4.74 Å². The second kappa shape index (κ2) is 5.44. The van der Waals surface area contributed by atoms with Gasteiger partial charge in [0.25, 0.3) is 0 Å². The Kier molecular flexibility index (Phi) is 3.72. The van der Waals surface area contributed by atoms with Crippen molar-refractivity contribution in [3.63, 3.8) is 0 Å². The molecular weight excluding hydrogens is 228 g/mol. The highest BCUT2D eigenvalue weighted by Crippen LogP contribution is 2.17. The molecule has 5 heteroatoms.